The summed E-state index contributed by atoms with van der Waals surface area (Å²) in [5.41, 5.74) is -0.580. The third kappa shape index (κ3) is 1.78. The van der Waals surface area contributed by atoms with E-state index in [2.05, 4.69) is 5.32 Å². The molecule has 1 atom stereocenters. The average molecular weight is 197 g/mol. The molecule has 0 aromatic rings. The summed E-state index contributed by atoms with van der Waals surface area (Å²) in [4.78, 5) is 11.3. The van der Waals surface area contributed by atoms with Crippen LogP contribution in [0.2, 0.25) is 0 Å². The molecular formula is C11H19NO2. The molecular weight excluding hydrogens is 178 g/mol. The lowest BCUT2D eigenvalue weighted by molar-refractivity contribution is -0.147. The van der Waals surface area contributed by atoms with E-state index in [0.717, 1.165) is 32.2 Å². The summed E-state index contributed by atoms with van der Waals surface area (Å²) in [6.07, 6.45) is 7.61. The van der Waals surface area contributed by atoms with Gasteiger partial charge in [-0.25, -0.2) is 0 Å². The van der Waals surface area contributed by atoms with Crippen molar-refractivity contribution >= 4 is 5.97 Å². The predicted octanol–water partition coefficient (Wildman–Crippen LogP) is 1.77. The molecule has 2 rings (SSSR count). The highest BCUT2D eigenvalue weighted by Crippen LogP contribution is 2.36. The number of carboxylic acids is 1. The van der Waals surface area contributed by atoms with Gasteiger partial charge in [-0.3, -0.25) is 4.79 Å². The van der Waals surface area contributed by atoms with Crippen LogP contribution in [0.1, 0.15) is 44.9 Å². The van der Waals surface area contributed by atoms with Gasteiger partial charge in [-0.2, -0.15) is 0 Å². The Kier molecular flexibility index (Phi) is 2.77. The Balaban J connectivity index is 2.00. The van der Waals surface area contributed by atoms with E-state index in [1.807, 2.05) is 0 Å². The van der Waals surface area contributed by atoms with Crippen LogP contribution < -0.4 is 5.32 Å². The summed E-state index contributed by atoms with van der Waals surface area (Å²) >= 11 is 0. The molecule has 2 aliphatic rings. The van der Waals surface area contributed by atoms with Crippen molar-refractivity contribution in [1.29, 1.82) is 0 Å². The Morgan fingerprint density at radius 3 is 2.57 bits per heavy atom. The molecule has 1 saturated heterocycles. The van der Waals surface area contributed by atoms with E-state index in [4.69, 9.17) is 0 Å². The van der Waals surface area contributed by atoms with Crippen molar-refractivity contribution in [2.75, 3.05) is 6.54 Å². The second-order valence-corrected chi connectivity index (χ2v) is 4.77. The first-order chi connectivity index (χ1) is 6.73. The predicted molar refractivity (Wildman–Crippen MR) is 54.2 cm³/mol. The number of carboxylic acid groups (broad SMARTS) is 1. The van der Waals surface area contributed by atoms with Crippen molar-refractivity contribution in [2.45, 2.75) is 50.5 Å². The summed E-state index contributed by atoms with van der Waals surface area (Å²) in [6.45, 7) is 0.874. The van der Waals surface area contributed by atoms with E-state index in [1.165, 1.54) is 19.3 Å². The minimum atomic E-state index is -0.635. The Hall–Kier alpha value is -0.570. The van der Waals surface area contributed by atoms with E-state index in [1.54, 1.807) is 0 Å². The number of hydrogen-bond acceptors (Lipinski definition) is 2. The number of carbonyl (C=O) groups is 1. The maximum Gasteiger partial charge on any atom is 0.323 e. The highest BCUT2D eigenvalue weighted by atomic mass is 16.4. The van der Waals surface area contributed by atoms with Crippen molar-refractivity contribution in [1.82, 2.24) is 5.32 Å². The Morgan fingerprint density at radius 2 is 2.14 bits per heavy atom. The fourth-order valence-corrected chi connectivity index (χ4v) is 2.60. The molecule has 80 valence electrons. The number of piperidine rings is 1. The first-order valence-electron chi connectivity index (χ1n) is 5.71. The summed E-state index contributed by atoms with van der Waals surface area (Å²) in [5.74, 6) is 0.0285. The molecule has 0 spiro atoms. The van der Waals surface area contributed by atoms with Gasteiger partial charge in [0.05, 0.1) is 0 Å². The largest absolute Gasteiger partial charge is 0.480 e. The molecule has 0 radical (unpaired) electrons. The fraction of sp³-hybridized carbons (Fsp3) is 0.909. The Labute approximate surface area is 84.9 Å². The minimum absolute atomic E-state index is 0.580. The van der Waals surface area contributed by atoms with Crippen LogP contribution in [0, 0.1) is 5.92 Å². The van der Waals surface area contributed by atoms with Crippen LogP contribution in [0.3, 0.4) is 0 Å². The summed E-state index contributed by atoms with van der Waals surface area (Å²) in [5, 5.41) is 12.5. The summed E-state index contributed by atoms with van der Waals surface area (Å²) < 4.78 is 0. The van der Waals surface area contributed by atoms with Gasteiger partial charge in [0.25, 0.3) is 0 Å². The zero-order valence-electron chi connectivity index (χ0n) is 8.59. The molecule has 1 heterocycles. The van der Waals surface area contributed by atoms with Gasteiger partial charge in [0.1, 0.15) is 5.54 Å². The molecule has 2 fully saturated rings. The third-order valence-corrected chi connectivity index (χ3v) is 3.76. The van der Waals surface area contributed by atoms with Crippen LogP contribution in [0.5, 0.6) is 0 Å². The van der Waals surface area contributed by atoms with E-state index < -0.39 is 11.5 Å². The number of hydrogen-bond donors (Lipinski definition) is 2. The maximum absolute atomic E-state index is 11.3. The van der Waals surface area contributed by atoms with Gasteiger partial charge < -0.3 is 10.4 Å². The lowest BCUT2D eigenvalue weighted by atomic mass is 9.73. The van der Waals surface area contributed by atoms with Gasteiger partial charge in [0.2, 0.25) is 0 Å². The zero-order valence-corrected chi connectivity index (χ0v) is 8.59. The normalized spacial score (nSPS) is 33.7. The van der Waals surface area contributed by atoms with Crippen LogP contribution in [0.4, 0.5) is 0 Å². The lowest BCUT2D eigenvalue weighted by Gasteiger charge is -2.39. The zero-order chi connectivity index (χ0) is 10.0. The molecule has 3 heteroatoms. The molecule has 1 aliphatic carbocycles. The molecule has 1 unspecified atom stereocenters. The molecule has 2 N–H and O–H groups in total. The lowest BCUT2D eigenvalue weighted by Crippen LogP contribution is -2.56. The van der Waals surface area contributed by atoms with Gasteiger partial charge in [-0.1, -0.05) is 19.3 Å². The number of rotatable bonds is 3. The van der Waals surface area contributed by atoms with Crippen molar-refractivity contribution in [3.05, 3.63) is 0 Å². The summed E-state index contributed by atoms with van der Waals surface area (Å²) in [7, 11) is 0. The van der Waals surface area contributed by atoms with Crippen molar-refractivity contribution in [2.24, 2.45) is 5.92 Å². The van der Waals surface area contributed by atoms with E-state index in [0.29, 0.717) is 5.92 Å². The average Bonchev–Trinajstić information content (AvgIpc) is 2.13. The van der Waals surface area contributed by atoms with Crippen molar-refractivity contribution < 1.29 is 9.90 Å². The molecule has 0 bridgehead atoms. The van der Waals surface area contributed by atoms with Crippen LogP contribution in [-0.2, 0) is 4.79 Å². The van der Waals surface area contributed by atoms with Crippen LogP contribution in [0.25, 0.3) is 0 Å². The molecule has 1 aliphatic heterocycles. The number of nitrogens with one attached hydrogen (secondary N) is 1. The SMILES string of the molecule is O=C(O)C1(CC2CCC2)CCCCN1. The van der Waals surface area contributed by atoms with Gasteiger partial charge in [0, 0.05) is 0 Å². The first-order valence-corrected chi connectivity index (χ1v) is 5.71. The maximum atomic E-state index is 11.3. The van der Waals surface area contributed by atoms with Crippen LogP contribution in [-0.4, -0.2) is 23.2 Å². The third-order valence-electron chi connectivity index (χ3n) is 3.76. The van der Waals surface area contributed by atoms with Gasteiger partial charge >= 0.3 is 5.97 Å². The Morgan fingerprint density at radius 1 is 1.36 bits per heavy atom. The van der Waals surface area contributed by atoms with Gasteiger partial charge in [-0.05, 0) is 38.1 Å². The topological polar surface area (TPSA) is 49.3 Å². The van der Waals surface area contributed by atoms with E-state index in [9.17, 15) is 9.90 Å². The number of aliphatic carboxylic acids is 1. The highest BCUT2D eigenvalue weighted by Gasteiger charge is 2.42. The molecule has 14 heavy (non-hydrogen) atoms. The monoisotopic (exact) mass is 197 g/mol. The van der Waals surface area contributed by atoms with Gasteiger partial charge in [-0.15, -0.1) is 0 Å². The smallest absolute Gasteiger partial charge is 0.323 e. The van der Waals surface area contributed by atoms with E-state index >= 15 is 0 Å². The fourth-order valence-electron chi connectivity index (χ4n) is 2.60. The molecule has 0 amide bonds. The van der Waals surface area contributed by atoms with Gasteiger partial charge in [0.15, 0.2) is 0 Å². The molecule has 3 nitrogen and oxygen atoms in total. The summed E-state index contributed by atoms with van der Waals surface area (Å²) in [6, 6.07) is 0. The van der Waals surface area contributed by atoms with E-state index in [-0.39, 0.29) is 0 Å². The second kappa shape index (κ2) is 3.89. The van der Waals surface area contributed by atoms with Crippen LogP contribution in [0.15, 0.2) is 0 Å². The highest BCUT2D eigenvalue weighted by molar-refractivity contribution is 5.79. The first kappa shape index (κ1) is 9.97. The quantitative estimate of drug-likeness (QED) is 0.725. The molecule has 1 saturated carbocycles. The van der Waals surface area contributed by atoms with Crippen LogP contribution >= 0.6 is 0 Å². The minimum Gasteiger partial charge on any atom is -0.480 e. The molecule has 0 aromatic heterocycles. The van der Waals surface area contributed by atoms with Crippen molar-refractivity contribution in [3.8, 4) is 0 Å². The second-order valence-electron chi connectivity index (χ2n) is 4.77. The van der Waals surface area contributed by atoms with Crippen molar-refractivity contribution in [3.63, 3.8) is 0 Å². The Bertz CT molecular complexity index is 217. The standard InChI is InChI=1S/C11H19NO2/c13-10(14)11(6-1-2-7-12-11)8-9-4-3-5-9/h9,12H,1-8H2,(H,13,14). The molecule has 0 aromatic carbocycles.